The number of esters is 1. The van der Waals surface area contributed by atoms with Gasteiger partial charge in [0.2, 0.25) is 0 Å². The first-order valence-corrected chi connectivity index (χ1v) is 6.39. The van der Waals surface area contributed by atoms with E-state index in [9.17, 15) is 4.79 Å². The molecule has 0 fully saturated rings. The molecule has 1 rings (SSSR count). The maximum absolute atomic E-state index is 11.4. The van der Waals surface area contributed by atoms with Gasteiger partial charge in [-0.1, -0.05) is 0 Å². The number of aromatic nitrogens is 2. The Morgan fingerprint density at radius 3 is 2.75 bits per heavy atom. The van der Waals surface area contributed by atoms with Crippen LogP contribution in [0.1, 0.15) is 11.4 Å². The van der Waals surface area contributed by atoms with Gasteiger partial charge < -0.3 is 10.5 Å². The van der Waals surface area contributed by atoms with Crippen LogP contribution in [0.4, 0.5) is 5.69 Å². The van der Waals surface area contributed by atoms with E-state index in [0.29, 0.717) is 12.3 Å². The van der Waals surface area contributed by atoms with Crippen molar-refractivity contribution in [1.82, 2.24) is 9.78 Å². The lowest BCUT2D eigenvalue weighted by molar-refractivity contribution is -0.143. The highest BCUT2D eigenvalue weighted by molar-refractivity contribution is 7.98. The van der Waals surface area contributed by atoms with E-state index in [1.807, 2.05) is 20.1 Å². The monoisotopic (exact) mass is 243 g/mol. The van der Waals surface area contributed by atoms with Crippen molar-refractivity contribution >= 4 is 23.4 Å². The molecular weight excluding hydrogens is 226 g/mol. The molecule has 16 heavy (non-hydrogen) atoms. The fourth-order valence-corrected chi connectivity index (χ4v) is 1.52. The zero-order chi connectivity index (χ0) is 12.1. The molecule has 0 saturated carbocycles. The molecular formula is C10H17N3O2S. The van der Waals surface area contributed by atoms with Gasteiger partial charge >= 0.3 is 5.97 Å². The van der Waals surface area contributed by atoms with Gasteiger partial charge in [0.25, 0.3) is 0 Å². The average molecular weight is 243 g/mol. The first kappa shape index (κ1) is 12.9. The van der Waals surface area contributed by atoms with Gasteiger partial charge in [-0.05, 0) is 20.1 Å². The fraction of sp³-hybridized carbons (Fsp3) is 0.600. The number of ether oxygens (including phenoxy) is 1. The van der Waals surface area contributed by atoms with E-state index in [-0.39, 0.29) is 12.5 Å². The van der Waals surface area contributed by atoms with Crippen molar-refractivity contribution in [3.8, 4) is 0 Å². The number of anilines is 1. The lowest BCUT2D eigenvalue weighted by Gasteiger charge is -2.05. The van der Waals surface area contributed by atoms with Gasteiger partial charge in [-0.2, -0.15) is 16.9 Å². The van der Waals surface area contributed by atoms with Crippen LogP contribution in [-0.4, -0.2) is 34.4 Å². The quantitative estimate of drug-likeness (QED) is 0.617. The summed E-state index contributed by atoms with van der Waals surface area (Å²) in [5.41, 5.74) is 7.95. The third-order valence-electron chi connectivity index (χ3n) is 2.27. The number of thioether (sulfide) groups is 1. The van der Waals surface area contributed by atoms with Gasteiger partial charge in [0.1, 0.15) is 13.2 Å². The Morgan fingerprint density at radius 2 is 2.25 bits per heavy atom. The molecule has 0 saturated heterocycles. The molecule has 2 N–H and O–H groups in total. The molecule has 0 radical (unpaired) electrons. The maximum atomic E-state index is 11.4. The number of hydrogen-bond donors (Lipinski definition) is 1. The summed E-state index contributed by atoms with van der Waals surface area (Å²) in [6.07, 6.45) is 1.97. The molecule has 1 aromatic heterocycles. The number of nitrogens with zero attached hydrogens (tertiary/aromatic N) is 2. The standard InChI is InChI=1S/C10H17N3O2S/c1-7-10(11)8(2)13(12-7)6-9(14)15-4-5-16-3/h4-6,11H2,1-3H3. The average Bonchev–Trinajstić information content (AvgIpc) is 2.47. The SMILES string of the molecule is CSCCOC(=O)Cn1nc(C)c(N)c1C. The highest BCUT2D eigenvalue weighted by Gasteiger charge is 2.11. The van der Waals surface area contributed by atoms with Crippen molar-refractivity contribution in [2.45, 2.75) is 20.4 Å². The first-order valence-electron chi connectivity index (χ1n) is 5.00. The van der Waals surface area contributed by atoms with Crippen molar-refractivity contribution in [2.24, 2.45) is 0 Å². The van der Waals surface area contributed by atoms with Crippen LogP contribution in [0.3, 0.4) is 0 Å². The summed E-state index contributed by atoms with van der Waals surface area (Å²) >= 11 is 1.64. The molecule has 0 unspecified atom stereocenters. The molecule has 6 heteroatoms. The summed E-state index contributed by atoms with van der Waals surface area (Å²) in [5, 5.41) is 4.16. The maximum Gasteiger partial charge on any atom is 0.327 e. The highest BCUT2D eigenvalue weighted by Crippen LogP contribution is 2.14. The van der Waals surface area contributed by atoms with Crippen LogP contribution in [-0.2, 0) is 16.1 Å². The van der Waals surface area contributed by atoms with Crippen molar-refractivity contribution in [3.05, 3.63) is 11.4 Å². The summed E-state index contributed by atoms with van der Waals surface area (Å²) in [4.78, 5) is 11.4. The number of nitrogens with two attached hydrogens (primary N) is 1. The van der Waals surface area contributed by atoms with Gasteiger partial charge in [0.05, 0.1) is 17.1 Å². The van der Waals surface area contributed by atoms with Crippen LogP contribution >= 0.6 is 11.8 Å². The predicted octanol–water partition coefficient (Wildman–Crippen LogP) is 0.988. The first-order chi connectivity index (χ1) is 7.56. The highest BCUT2D eigenvalue weighted by atomic mass is 32.2. The molecule has 1 aromatic rings. The zero-order valence-corrected chi connectivity index (χ0v) is 10.6. The molecule has 0 aromatic carbocycles. The number of nitrogen functional groups attached to an aromatic ring is 1. The smallest absolute Gasteiger partial charge is 0.327 e. The summed E-state index contributed by atoms with van der Waals surface area (Å²) < 4.78 is 6.60. The van der Waals surface area contributed by atoms with E-state index >= 15 is 0 Å². The topological polar surface area (TPSA) is 70.1 Å². The van der Waals surface area contributed by atoms with E-state index in [4.69, 9.17) is 10.5 Å². The molecule has 0 atom stereocenters. The number of carbonyl (C=O) groups is 1. The van der Waals surface area contributed by atoms with Crippen molar-refractivity contribution in [3.63, 3.8) is 0 Å². The third kappa shape index (κ3) is 3.16. The van der Waals surface area contributed by atoms with Crippen molar-refractivity contribution < 1.29 is 9.53 Å². The van der Waals surface area contributed by atoms with Gasteiger partial charge in [0, 0.05) is 5.75 Å². The second kappa shape index (κ2) is 5.79. The second-order valence-electron chi connectivity index (χ2n) is 3.46. The molecule has 0 aliphatic rings. The van der Waals surface area contributed by atoms with Crippen molar-refractivity contribution in [2.75, 3.05) is 24.3 Å². The van der Waals surface area contributed by atoms with Crippen LogP contribution in [0.2, 0.25) is 0 Å². The summed E-state index contributed by atoms with van der Waals surface area (Å²) in [7, 11) is 0. The van der Waals surface area contributed by atoms with E-state index in [1.54, 1.807) is 16.4 Å². The molecule has 0 amide bonds. The number of carbonyl (C=O) groups excluding carboxylic acids is 1. The van der Waals surface area contributed by atoms with Crippen LogP contribution < -0.4 is 5.73 Å². The van der Waals surface area contributed by atoms with E-state index in [0.717, 1.165) is 17.1 Å². The fourth-order valence-electron chi connectivity index (χ4n) is 1.27. The molecule has 1 heterocycles. The summed E-state index contributed by atoms with van der Waals surface area (Å²) in [6, 6.07) is 0. The number of rotatable bonds is 5. The lowest BCUT2D eigenvalue weighted by Crippen LogP contribution is -2.17. The minimum Gasteiger partial charge on any atom is -0.463 e. The summed E-state index contributed by atoms with van der Waals surface area (Å²) in [6.45, 7) is 4.22. The van der Waals surface area contributed by atoms with Crippen molar-refractivity contribution in [1.29, 1.82) is 0 Å². The Balaban J connectivity index is 2.53. The Kier molecular flexibility index (Phi) is 4.67. The summed E-state index contributed by atoms with van der Waals surface area (Å²) in [5.74, 6) is 0.532. The third-order valence-corrected chi connectivity index (χ3v) is 2.84. The van der Waals surface area contributed by atoms with Crippen LogP contribution in [0.25, 0.3) is 0 Å². The van der Waals surface area contributed by atoms with E-state index in [2.05, 4.69) is 5.10 Å². The zero-order valence-electron chi connectivity index (χ0n) is 9.82. The lowest BCUT2D eigenvalue weighted by atomic mass is 10.3. The van der Waals surface area contributed by atoms with Gasteiger partial charge in [-0.15, -0.1) is 0 Å². The predicted molar refractivity (Wildman–Crippen MR) is 65.5 cm³/mol. The number of hydrogen-bond acceptors (Lipinski definition) is 5. The minimum absolute atomic E-state index is 0.123. The van der Waals surface area contributed by atoms with Gasteiger partial charge in [-0.3, -0.25) is 9.48 Å². The van der Waals surface area contributed by atoms with Crippen LogP contribution in [0.5, 0.6) is 0 Å². The molecule has 0 aliphatic heterocycles. The Morgan fingerprint density at radius 1 is 1.56 bits per heavy atom. The number of aryl methyl sites for hydroxylation is 1. The normalized spacial score (nSPS) is 10.4. The minimum atomic E-state index is -0.278. The second-order valence-corrected chi connectivity index (χ2v) is 4.44. The Labute approximate surface area is 99.3 Å². The molecule has 5 nitrogen and oxygen atoms in total. The van der Waals surface area contributed by atoms with Crippen LogP contribution in [0.15, 0.2) is 0 Å². The van der Waals surface area contributed by atoms with Gasteiger partial charge in [0.15, 0.2) is 0 Å². The molecule has 0 aliphatic carbocycles. The molecule has 0 bridgehead atoms. The largest absolute Gasteiger partial charge is 0.463 e. The molecule has 90 valence electrons. The van der Waals surface area contributed by atoms with Gasteiger partial charge in [-0.25, -0.2) is 0 Å². The molecule has 0 spiro atoms. The van der Waals surface area contributed by atoms with E-state index in [1.165, 1.54) is 0 Å². The Hall–Kier alpha value is -1.17. The Bertz CT molecular complexity index is 376. The van der Waals surface area contributed by atoms with E-state index < -0.39 is 0 Å². The van der Waals surface area contributed by atoms with Crippen LogP contribution in [0, 0.1) is 13.8 Å².